The maximum atomic E-state index is 12.2. The SMILES string of the molecule is O=C(O)CN(C(=O)CCc1nc(C2CCCC2)no1)C1CC1. The Balaban J connectivity index is 1.52. The molecule has 2 fully saturated rings. The summed E-state index contributed by atoms with van der Waals surface area (Å²) in [5.41, 5.74) is 0. The second-order valence-corrected chi connectivity index (χ2v) is 6.17. The Morgan fingerprint density at radius 3 is 2.59 bits per heavy atom. The van der Waals surface area contributed by atoms with E-state index in [2.05, 4.69) is 10.1 Å². The molecule has 7 nitrogen and oxygen atoms in total. The molecule has 1 N–H and O–H groups in total. The van der Waals surface area contributed by atoms with E-state index in [1.807, 2.05) is 0 Å². The van der Waals surface area contributed by atoms with Gasteiger partial charge in [0.1, 0.15) is 6.54 Å². The van der Waals surface area contributed by atoms with Gasteiger partial charge in [-0.1, -0.05) is 18.0 Å². The number of nitrogens with zero attached hydrogens (tertiary/aromatic N) is 3. The molecule has 1 amide bonds. The second kappa shape index (κ2) is 6.46. The zero-order valence-electron chi connectivity index (χ0n) is 12.5. The summed E-state index contributed by atoms with van der Waals surface area (Å²) in [5.74, 6) is 0.501. The van der Waals surface area contributed by atoms with Crippen LogP contribution in [0.1, 0.15) is 62.6 Å². The van der Waals surface area contributed by atoms with Crippen LogP contribution in [0.4, 0.5) is 0 Å². The number of hydrogen-bond donors (Lipinski definition) is 1. The van der Waals surface area contributed by atoms with E-state index in [9.17, 15) is 9.59 Å². The zero-order valence-corrected chi connectivity index (χ0v) is 12.5. The number of carbonyl (C=O) groups excluding carboxylic acids is 1. The number of carbonyl (C=O) groups is 2. The van der Waals surface area contributed by atoms with Gasteiger partial charge in [0.15, 0.2) is 5.82 Å². The molecule has 120 valence electrons. The summed E-state index contributed by atoms with van der Waals surface area (Å²) in [4.78, 5) is 28.8. The van der Waals surface area contributed by atoms with Gasteiger partial charge in [0.05, 0.1) is 0 Å². The van der Waals surface area contributed by atoms with Gasteiger partial charge >= 0.3 is 5.97 Å². The Bertz CT molecular complexity index is 547. The van der Waals surface area contributed by atoms with Crippen molar-refractivity contribution in [3.63, 3.8) is 0 Å². The highest BCUT2D eigenvalue weighted by Crippen LogP contribution is 2.32. The standard InChI is InChI=1S/C15H21N3O4/c19-13(18(9-14(20)21)11-5-6-11)8-7-12-16-15(17-22-12)10-3-1-2-4-10/h10-11H,1-9H2,(H,20,21). The average molecular weight is 307 g/mol. The number of aryl methyl sites for hydroxylation is 1. The van der Waals surface area contributed by atoms with Crippen LogP contribution in [-0.4, -0.2) is 44.6 Å². The summed E-state index contributed by atoms with van der Waals surface area (Å²) in [6.45, 7) is -0.222. The number of carboxylic acids is 1. The number of hydrogen-bond acceptors (Lipinski definition) is 5. The van der Waals surface area contributed by atoms with Crippen LogP contribution in [0.5, 0.6) is 0 Å². The molecule has 0 aliphatic heterocycles. The van der Waals surface area contributed by atoms with Crippen LogP contribution in [0.3, 0.4) is 0 Å². The number of carboxylic acid groups (broad SMARTS) is 1. The van der Waals surface area contributed by atoms with E-state index < -0.39 is 5.97 Å². The van der Waals surface area contributed by atoms with Crippen LogP contribution < -0.4 is 0 Å². The predicted molar refractivity (Wildman–Crippen MR) is 76.2 cm³/mol. The molecular weight excluding hydrogens is 286 g/mol. The fourth-order valence-electron chi connectivity index (χ4n) is 3.03. The maximum Gasteiger partial charge on any atom is 0.323 e. The quantitative estimate of drug-likeness (QED) is 0.824. The number of rotatable bonds is 7. The van der Waals surface area contributed by atoms with Crippen molar-refractivity contribution in [2.75, 3.05) is 6.54 Å². The molecule has 1 aromatic rings. The molecule has 0 bridgehead atoms. The zero-order chi connectivity index (χ0) is 15.5. The first-order valence-electron chi connectivity index (χ1n) is 7.97. The van der Waals surface area contributed by atoms with Crippen LogP contribution in [0.15, 0.2) is 4.52 Å². The topological polar surface area (TPSA) is 96.5 Å². The lowest BCUT2D eigenvalue weighted by atomic mass is 10.1. The van der Waals surface area contributed by atoms with Crippen molar-refractivity contribution in [2.45, 2.75) is 63.3 Å². The smallest absolute Gasteiger partial charge is 0.323 e. The fourth-order valence-corrected chi connectivity index (χ4v) is 3.03. The third-order valence-electron chi connectivity index (χ3n) is 4.37. The lowest BCUT2D eigenvalue weighted by Crippen LogP contribution is -2.37. The van der Waals surface area contributed by atoms with E-state index in [4.69, 9.17) is 9.63 Å². The molecule has 7 heteroatoms. The van der Waals surface area contributed by atoms with Gasteiger partial charge in [-0.3, -0.25) is 9.59 Å². The van der Waals surface area contributed by atoms with Crippen LogP contribution in [0, 0.1) is 0 Å². The molecule has 0 saturated heterocycles. The van der Waals surface area contributed by atoms with E-state index in [1.54, 1.807) is 0 Å². The first-order valence-corrected chi connectivity index (χ1v) is 7.97. The molecule has 0 unspecified atom stereocenters. The highest BCUT2D eigenvalue weighted by molar-refractivity contribution is 5.82. The molecule has 2 aliphatic rings. The highest BCUT2D eigenvalue weighted by atomic mass is 16.5. The summed E-state index contributed by atoms with van der Waals surface area (Å²) in [7, 11) is 0. The molecule has 1 aromatic heterocycles. The van der Waals surface area contributed by atoms with E-state index in [1.165, 1.54) is 17.7 Å². The average Bonchev–Trinajstić information content (AvgIpc) is 3.00. The molecule has 1 heterocycles. The number of aliphatic carboxylic acids is 1. The Morgan fingerprint density at radius 2 is 1.95 bits per heavy atom. The summed E-state index contributed by atoms with van der Waals surface area (Å²) in [6.07, 6.45) is 7.00. The maximum absolute atomic E-state index is 12.2. The van der Waals surface area contributed by atoms with Crippen LogP contribution in [-0.2, 0) is 16.0 Å². The summed E-state index contributed by atoms with van der Waals surface area (Å²) >= 11 is 0. The molecule has 0 spiro atoms. The summed E-state index contributed by atoms with van der Waals surface area (Å²) < 4.78 is 5.22. The van der Waals surface area contributed by atoms with Crippen molar-refractivity contribution in [2.24, 2.45) is 0 Å². The summed E-state index contributed by atoms with van der Waals surface area (Å²) in [6, 6.07) is 0.0975. The van der Waals surface area contributed by atoms with Crippen LogP contribution >= 0.6 is 0 Å². The van der Waals surface area contributed by atoms with Crippen LogP contribution in [0.25, 0.3) is 0 Å². The van der Waals surface area contributed by atoms with E-state index in [0.717, 1.165) is 31.5 Å². The first-order chi connectivity index (χ1) is 10.6. The van der Waals surface area contributed by atoms with Crippen molar-refractivity contribution in [1.29, 1.82) is 0 Å². The van der Waals surface area contributed by atoms with Gasteiger partial charge in [0.25, 0.3) is 0 Å². The molecule has 2 aliphatic carbocycles. The largest absolute Gasteiger partial charge is 0.480 e. The lowest BCUT2D eigenvalue weighted by molar-refractivity contribution is -0.144. The normalized spacial score (nSPS) is 18.5. The first kappa shape index (κ1) is 15.0. The van der Waals surface area contributed by atoms with E-state index in [0.29, 0.717) is 18.2 Å². The lowest BCUT2D eigenvalue weighted by Gasteiger charge is -2.19. The number of aromatic nitrogens is 2. The molecule has 0 aromatic carbocycles. The van der Waals surface area contributed by atoms with Gasteiger partial charge in [-0.15, -0.1) is 0 Å². The van der Waals surface area contributed by atoms with E-state index in [-0.39, 0.29) is 24.9 Å². The molecule has 22 heavy (non-hydrogen) atoms. The van der Waals surface area contributed by atoms with Crippen molar-refractivity contribution >= 4 is 11.9 Å². The minimum Gasteiger partial charge on any atom is -0.480 e. The van der Waals surface area contributed by atoms with Gasteiger partial charge < -0.3 is 14.5 Å². The van der Waals surface area contributed by atoms with Gasteiger partial charge in [0, 0.05) is 24.8 Å². The van der Waals surface area contributed by atoms with Crippen molar-refractivity contribution in [3.8, 4) is 0 Å². The Morgan fingerprint density at radius 1 is 1.23 bits per heavy atom. The van der Waals surface area contributed by atoms with E-state index >= 15 is 0 Å². The summed E-state index contributed by atoms with van der Waals surface area (Å²) in [5, 5.41) is 12.9. The minimum atomic E-state index is -0.971. The Labute approximate surface area is 128 Å². The Kier molecular flexibility index (Phi) is 4.40. The predicted octanol–water partition coefficient (Wildman–Crippen LogP) is 1.74. The third kappa shape index (κ3) is 3.64. The van der Waals surface area contributed by atoms with Crippen LogP contribution in [0.2, 0.25) is 0 Å². The highest BCUT2D eigenvalue weighted by Gasteiger charge is 2.33. The van der Waals surface area contributed by atoms with Gasteiger partial charge in [-0.25, -0.2) is 0 Å². The molecule has 2 saturated carbocycles. The van der Waals surface area contributed by atoms with Gasteiger partial charge in [0.2, 0.25) is 11.8 Å². The second-order valence-electron chi connectivity index (χ2n) is 6.17. The Hall–Kier alpha value is -1.92. The van der Waals surface area contributed by atoms with Gasteiger partial charge in [-0.2, -0.15) is 4.98 Å². The molecule has 0 atom stereocenters. The molecule has 3 rings (SSSR count). The monoisotopic (exact) mass is 307 g/mol. The minimum absolute atomic E-state index is 0.0975. The number of amides is 1. The van der Waals surface area contributed by atoms with Crippen molar-refractivity contribution in [1.82, 2.24) is 15.0 Å². The molecular formula is C15H21N3O4. The van der Waals surface area contributed by atoms with Gasteiger partial charge in [-0.05, 0) is 25.7 Å². The van der Waals surface area contributed by atoms with Crippen molar-refractivity contribution in [3.05, 3.63) is 11.7 Å². The third-order valence-corrected chi connectivity index (χ3v) is 4.37. The fraction of sp³-hybridized carbons (Fsp3) is 0.733. The van der Waals surface area contributed by atoms with Crippen molar-refractivity contribution < 1.29 is 19.2 Å². The molecule has 0 radical (unpaired) electrons.